The monoisotopic (exact) mass is 247 g/mol. The molecule has 0 spiro atoms. The van der Waals surface area contributed by atoms with Gasteiger partial charge in [0.15, 0.2) is 0 Å². The maximum Gasteiger partial charge on any atom is 0.243 e. The van der Waals surface area contributed by atoms with Crippen molar-refractivity contribution in [3.8, 4) is 0 Å². The largest absolute Gasteiger partial charge is 0.361 e. The van der Waals surface area contributed by atoms with Gasteiger partial charge in [-0.15, -0.1) is 5.10 Å². The van der Waals surface area contributed by atoms with Gasteiger partial charge >= 0.3 is 0 Å². The number of hydrogen-bond donors (Lipinski definition) is 1. The lowest BCUT2D eigenvalue weighted by Gasteiger charge is -2.13. The van der Waals surface area contributed by atoms with Crippen LogP contribution in [0.15, 0.2) is 4.52 Å². The summed E-state index contributed by atoms with van der Waals surface area (Å²) in [5.74, 6) is 1.33. The molecule has 0 amide bonds. The first-order chi connectivity index (χ1) is 8.49. The molecule has 6 heteroatoms. The second kappa shape index (κ2) is 4.72. The van der Waals surface area contributed by atoms with Crippen LogP contribution in [0.1, 0.15) is 41.4 Å². The van der Waals surface area contributed by atoms with Crippen molar-refractivity contribution in [3.05, 3.63) is 28.4 Å². The molecule has 0 bridgehead atoms. The highest BCUT2D eigenvalue weighted by Crippen LogP contribution is 2.23. The van der Waals surface area contributed by atoms with Crippen LogP contribution in [0, 0.1) is 27.7 Å². The Morgan fingerprint density at radius 1 is 1.00 bits per heavy atom. The standard InChI is InChI=1S/C12H17N5O/c1-6-7(2)15-16-12(13-6)14-8(3)11-9(4)17-18-10(11)5/h8H,1-5H3,(H,13,14,16). The zero-order chi connectivity index (χ0) is 13.3. The fraction of sp³-hybridized carbons (Fsp3) is 0.500. The van der Waals surface area contributed by atoms with E-state index in [4.69, 9.17) is 4.52 Å². The molecule has 0 saturated carbocycles. The number of aromatic nitrogens is 4. The molecule has 96 valence electrons. The van der Waals surface area contributed by atoms with Gasteiger partial charge in [0.05, 0.1) is 23.1 Å². The molecule has 1 N–H and O–H groups in total. The van der Waals surface area contributed by atoms with Crippen LogP contribution in [0.4, 0.5) is 5.95 Å². The fourth-order valence-corrected chi connectivity index (χ4v) is 1.89. The zero-order valence-electron chi connectivity index (χ0n) is 11.3. The summed E-state index contributed by atoms with van der Waals surface area (Å²) in [5, 5.41) is 15.2. The fourth-order valence-electron chi connectivity index (χ4n) is 1.89. The number of aryl methyl sites for hydroxylation is 4. The summed E-state index contributed by atoms with van der Waals surface area (Å²) in [4.78, 5) is 4.35. The molecule has 1 unspecified atom stereocenters. The molecule has 2 aromatic heterocycles. The van der Waals surface area contributed by atoms with Crippen molar-refractivity contribution in [2.75, 3.05) is 5.32 Å². The summed E-state index contributed by atoms with van der Waals surface area (Å²) in [5.41, 5.74) is 3.63. The van der Waals surface area contributed by atoms with Crippen LogP contribution in [0.2, 0.25) is 0 Å². The number of nitrogens with zero attached hydrogens (tertiary/aromatic N) is 4. The Bertz CT molecular complexity index is 544. The van der Waals surface area contributed by atoms with Crippen molar-refractivity contribution >= 4 is 5.95 Å². The van der Waals surface area contributed by atoms with E-state index in [0.717, 1.165) is 28.4 Å². The highest BCUT2D eigenvalue weighted by Gasteiger charge is 2.17. The Morgan fingerprint density at radius 3 is 2.28 bits per heavy atom. The van der Waals surface area contributed by atoms with Crippen LogP contribution in [-0.4, -0.2) is 20.3 Å². The molecule has 0 aromatic carbocycles. The van der Waals surface area contributed by atoms with Crippen LogP contribution in [0.3, 0.4) is 0 Å². The van der Waals surface area contributed by atoms with E-state index < -0.39 is 0 Å². The van der Waals surface area contributed by atoms with E-state index in [0.29, 0.717) is 5.95 Å². The van der Waals surface area contributed by atoms with Crippen LogP contribution in [0.25, 0.3) is 0 Å². The number of nitrogens with one attached hydrogen (secondary N) is 1. The Kier molecular flexibility index (Phi) is 3.27. The van der Waals surface area contributed by atoms with E-state index in [1.165, 1.54) is 0 Å². The lowest BCUT2D eigenvalue weighted by molar-refractivity contribution is 0.392. The average Bonchev–Trinajstić information content (AvgIpc) is 2.64. The third-order valence-corrected chi connectivity index (χ3v) is 2.96. The van der Waals surface area contributed by atoms with Crippen molar-refractivity contribution < 1.29 is 4.52 Å². The molecule has 18 heavy (non-hydrogen) atoms. The van der Waals surface area contributed by atoms with Gasteiger partial charge in [0.1, 0.15) is 5.76 Å². The molecule has 2 rings (SSSR count). The van der Waals surface area contributed by atoms with Gasteiger partial charge < -0.3 is 9.84 Å². The first kappa shape index (κ1) is 12.5. The van der Waals surface area contributed by atoms with E-state index >= 15 is 0 Å². The first-order valence-corrected chi connectivity index (χ1v) is 5.86. The van der Waals surface area contributed by atoms with Gasteiger partial charge in [-0.05, 0) is 34.6 Å². The van der Waals surface area contributed by atoms with Gasteiger partial charge in [-0.25, -0.2) is 4.98 Å². The molecule has 0 fully saturated rings. The van der Waals surface area contributed by atoms with Gasteiger partial charge in [0.2, 0.25) is 5.95 Å². The van der Waals surface area contributed by atoms with Crippen LogP contribution in [-0.2, 0) is 0 Å². The Hall–Kier alpha value is -1.98. The summed E-state index contributed by atoms with van der Waals surface area (Å²) < 4.78 is 5.15. The Labute approximate surface area is 106 Å². The molecule has 0 aliphatic carbocycles. The number of rotatable bonds is 3. The van der Waals surface area contributed by atoms with Gasteiger partial charge in [-0.3, -0.25) is 0 Å². The predicted molar refractivity (Wildman–Crippen MR) is 67.3 cm³/mol. The average molecular weight is 247 g/mol. The van der Waals surface area contributed by atoms with Crippen molar-refractivity contribution in [3.63, 3.8) is 0 Å². The predicted octanol–water partition coefficient (Wildman–Crippen LogP) is 2.27. The maximum atomic E-state index is 5.15. The third kappa shape index (κ3) is 2.32. The minimum absolute atomic E-state index is 0.0279. The molecule has 0 saturated heterocycles. The topological polar surface area (TPSA) is 76.7 Å². The summed E-state index contributed by atoms with van der Waals surface area (Å²) >= 11 is 0. The van der Waals surface area contributed by atoms with Crippen molar-refractivity contribution in [2.45, 2.75) is 40.7 Å². The molecule has 1 atom stereocenters. The van der Waals surface area contributed by atoms with Gasteiger partial charge in [-0.1, -0.05) is 5.16 Å². The van der Waals surface area contributed by atoms with E-state index in [1.807, 2.05) is 34.6 Å². The maximum absolute atomic E-state index is 5.15. The van der Waals surface area contributed by atoms with Gasteiger partial charge in [0.25, 0.3) is 0 Å². The molecule has 0 aliphatic heterocycles. The Morgan fingerprint density at radius 2 is 1.72 bits per heavy atom. The van der Waals surface area contributed by atoms with Crippen molar-refractivity contribution in [1.29, 1.82) is 0 Å². The number of hydrogen-bond acceptors (Lipinski definition) is 6. The molecule has 0 aliphatic rings. The van der Waals surface area contributed by atoms with Crippen LogP contribution in [0.5, 0.6) is 0 Å². The summed E-state index contributed by atoms with van der Waals surface area (Å²) in [6.07, 6.45) is 0. The summed E-state index contributed by atoms with van der Waals surface area (Å²) in [6, 6.07) is 0.0279. The van der Waals surface area contributed by atoms with Gasteiger partial charge in [0, 0.05) is 5.56 Å². The van der Waals surface area contributed by atoms with E-state index in [9.17, 15) is 0 Å². The number of anilines is 1. The third-order valence-electron chi connectivity index (χ3n) is 2.96. The molecular weight excluding hydrogens is 230 g/mol. The SMILES string of the molecule is Cc1nnc(NC(C)c2c(C)noc2C)nc1C. The molecule has 2 heterocycles. The summed E-state index contributed by atoms with van der Waals surface area (Å²) in [7, 11) is 0. The van der Waals surface area contributed by atoms with Gasteiger partial charge in [-0.2, -0.15) is 5.10 Å². The van der Waals surface area contributed by atoms with Crippen molar-refractivity contribution in [1.82, 2.24) is 20.3 Å². The van der Waals surface area contributed by atoms with Crippen LogP contribution >= 0.6 is 0 Å². The Balaban J connectivity index is 2.21. The highest BCUT2D eigenvalue weighted by atomic mass is 16.5. The minimum Gasteiger partial charge on any atom is -0.361 e. The van der Waals surface area contributed by atoms with E-state index in [1.54, 1.807) is 0 Å². The summed E-state index contributed by atoms with van der Waals surface area (Å²) in [6.45, 7) is 9.63. The second-order valence-corrected chi connectivity index (χ2v) is 4.41. The second-order valence-electron chi connectivity index (χ2n) is 4.41. The molecule has 0 radical (unpaired) electrons. The molecular formula is C12H17N5O. The van der Waals surface area contributed by atoms with E-state index in [2.05, 4.69) is 25.7 Å². The minimum atomic E-state index is 0.0279. The highest BCUT2D eigenvalue weighted by molar-refractivity contribution is 5.34. The smallest absolute Gasteiger partial charge is 0.243 e. The zero-order valence-corrected chi connectivity index (χ0v) is 11.3. The van der Waals surface area contributed by atoms with E-state index in [-0.39, 0.29) is 6.04 Å². The quantitative estimate of drug-likeness (QED) is 0.896. The van der Waals surface area contributed by atoms with Crippen LogP contribution < -0.4 is 5.32 Å². The van der Waals surface area contributed by atoms with Crippen molar-refractivity contribution in [2.24, 2.45) is 0 Å². The lowest BCUT2D eigenvalue weighted by Crippen LogP contribution is -2.12. The normalized spacial score (nSPS) is 12.5. The molecule has 6 nitrogen and oxygen atoms in total. The molecule has 2 aromatic rings. The lowest BCUT2D eigenvalue weighted by atomic mass is 10.1. The first-order valence-electron chi connectivity index (χ1n) is 5.86.